The van der Waals surface area contributed by atoms with Crippen molar-refractivity contribution < 1.29 is 4.79 Å². The third-order valence-corrected chi connectivity index (χ3v) is 5.53. The van der Waals surface area contributed by atoms with Crippen LogP contribution in [-0.4, -0.2) is 22.1 Å². The number of carbonyl (C=O) groups is 1. The van der Waals surface area contributed by atoms with E-state index in [0.29, 0.717) is 4.88 Å². The summed E-state index contributed by atoms with van der Waals surface area (Å²) in [4.78, 5) is 24.2. The third-order valence-electron chi connectivity index (χ3n) is 3.62. The molecule has 0 unspecified atom stereocenters. The molecule has 2 heterocycles. The Morgan fingerprint density at radius 1 is 1.22 bits per heavy atom. The van der Waals surface area contributed by atoms with Crippen LogP contribution in [0.25, 0.3) is 10.2 Å². The summed E-state index contributed by atoms with van der Waals surface area (Å²) in [5, 5.41) is 3.97. The normalized spacial score (nSPS) is 11.0. The Hall–Kier alpha value is -1.92. The van der Waals surface area contributed by atoms with E-state index in [9.17, 15) is 4.79 Å². The van der Waals surface area contributed by atoms with Gasteiger partial charge in [-0.1, -0.05) is 6.07 Å². The molecule has 2 aromatic heterocycles. The highest BCUT2D eigenvalue weighted by molar-refractivity contribution is 7.98. The summed E-state index contributed by atoms with van der Waals surface area (Å²) in [6, 6.07) is 7.83. The van der Waals surface area contributed by atoms with Crippen molar-refractivity contribution in [2.75, 3.05) is 11.6 Å². The number of hydrogen-bond acceptors (Lipinski definition) is 5. The van der Waals surface area contributed by atoms with Gasteiger partial charge in [0.15, 0.2) is 0 Å². The van der Waals surface area contributed by atoms with Crippen molar-refractivity contribution in [1.82, 2.24) is 9.97 Å². The van der Waals surface area contributed by atoms with Gasteiger partial charge in [0.05, 0.1) is 4.88 Å². The maximum absolute atomic E-state index is 12.6. The van der Waals surface area contributed by atoms with Crippen LogP contribution < -0.4 is 5.32 Å². The van der Waals surface area contributed by atoms with Gasteiger partial charge in [0, 0.05) is 21.7 Å². The predicted octanol–water partition coefficient (Wildman–Crippen LogP) is 4.59. The van der Waals surface area contributed by atoms with E-state index in [2.05, 4.69) is 15.3 Å². The summed E-state index contributed by atoms with van der Waals surface area (Å²) in [5.74, 6) is 0.636. The van der Waals surface area contributed by atoms with E-state index in [1.807, 2.05) is 51.3 Å². The number of aromatic nitrogens is 2. The van der Waals surface area contributed by atoms with Crippen molar-refractivity contribution in [2.24, 2.45) is 0 Å². The van der Waals surface area contributed by atoms with Gasteiger partial charge in [0.25, 0.3) is 5.91 Å². The fourth-order valence-corrected chi connectivity index (χ4v) is 4.21. The maximum atomic E-state index is 12.6. The summed E-state index contributed by atoms with van der Waals surface area (Å²) >= 11 is 3.07. The summed E-state index contributed by atoms with van der Waals surface area (Å²) in [6.45, 7) is 5.78. The highest BCUT2D eigenvalue weighted by atomic mass is 32.2. The molecule has 0 saturated heterocycles. The Morgan fingerprint density at radius 3 is 2.74 bits per heavy atom. The molecule has 1 aromatic carbocycles. The number of hydrogen-bond donors (Lipinski definition) is 1. The zero-order valence-electron chi connectivity index (χ0n) is 13.4. The second-order valence-electron chi connectivity index (χ2n) is 5.28. The molecule has 23 heavy (non-hydrogen) atoms. The molecule has 0 aliphatic carbocycles. The van der Waals surface area contributed by atoms with Crippen molar-refractivity contribution in [3.8, 4) is 0 Å². The highest BCUT2D eigenvalue weighted by Crippen LogP contribution is 2.32. The first kappa shape index (κ1) is 16.0. The van der Waals surface area contributed by atoms with Gasteiger partial charge in [0.2, 0.25) is 0 Å². The van der Waals surface area contributed by atoms with Crippen molar-refractivity contribution in [3.63, 3.8) is 0 Å². The number of amides is 1. The quantitative estimate of drug-likeness (QED) is 0.707. The fourth-order valence-electron chi connectivity index (χ4n) is 2.58. The van der Waals surface area contributed by atoms with E-state index in [4.69, 9.17) is 0 Å². The molecule has 0 radical (unpaired) electrons. The van der Waals surface area contributed by atoms with Crippen LogP contribution in [0.4, 0.5) is 5.69 Å². The van der Waals surface area contributed by atoms with Crippen LogP contribution in [0.15, 0.2) is 29.2 Å². The van der Waals surface area contributed by atoms with Gasteiger partial charge in [-0.2, -0.15) is 0 Å². The van der Waals surface area contributed by atoms with Gasteiger partial charge in [-0.25, -0.2) is 9.97 Å². The molecule has 0 saturated carbocycles. The lowest BCUT2D eigenvalue weighted by Crippen LogP contribution is -2.11. The molecule has 6 heteroatoms. The van der Waals surface area contributed by atoms with Crippen LogP contribution in [-0.2, 0) is 0 Å². The van der Waals surface area contributed by atoms with Gasteiger partial charge in [-0.3, -0.25) is 4.79 Å². The molecule has 3 aromatic rings. The summed E-state index contributed by atoms with van der Waals surface area (Å²) in [7, 11) is 0. The van der Waals surface area contributed by atoms with Crippen molar-refractivity contribution in [3.05, 3.63) is 46.2 Å². The molecule has 3 rings (SSSR count). The molecule has 0 bridgehead atoms. The lowest BCUT2D eigenvalue weighted by molar-refractivity contribution is 0.103. The number of nitrogens with zero attached hydrogens (tertiary/aromatic N) is 2. The van der Waals surface area contributed by atoms with Gasteiger partial charge < -0.3 is 5.32 Å². The molecule has 4 nitrogen and oxygen atoms in total. The van der Waals surface area contributed by atoms with Crippen LogP contribution >= 0.6 is 23.1 Å². The standard InChI is InChI=1S/C17H17N3OS2/c1-9-14-10(2)18-11(3)19-17(14)23-15(9)16(21)20-12-6-5-7-13(8-12)22-4/h5-8H,1-4H3,(H,20,21). The van der Waals surface area contributed by atoms with E-state index in [1.54, 1.807) is 11.8 Å². The lowest BCUT2D eigenvalue weighted by Gasteiger charge is -2.06. The third kappa shape index (κ3) is 3.09. The monoisotopic (exact) mass is 343 g/mol. The van der Waals surface area contributed by atoms with E-state index in [0.717, 1.165) is 37.9 Å². The molecule has 0 aliphatic rings. The topological polar surface area (TPSA) is 54.9 Å². The second-order valence-corrected chi connectivity index (χ2v) is 7.16. The zero-order valence-corrected chi connectivity index (χ0v) is 15.1. The number of benzene rings is 1. The highest BCUT2D eigenvalue weighted by Gasteiger charge is 2.18. The first-order valence-corrected chi connectivity index (χ1v) is 9.23. The first-order chi connectivity index (χ1) is 11.0. The number of aryl methyl sites for hydroxylation is 3. The van der Waals surface area contributed by atoms with Gasteiger partial charge in [0.1, 0.15) is 10.7 Å². The van der Waals surface area contributed by atoms with Crippen molar-refractivity contribution >= 4 is 44.9 Å². The lowest BCUT2D eigenvalue weighted by atomic mass is 10.1. The van der Waals surface area contributed by atoms with Gasteiger partial charge >= 0.3 is 0 Å². The maximum Gasteiger partial charge on any atom is 0.266 e. The number of rotatable bonds is 3. The Labute approximate surface area is 143 Å². The first-order valence-electron chi connectivity index (χ1n) is 7.19. The molecular weight excluding hydrogens is 326 g/mol. The number of nitrogens with one attached hydrogen (secondary N) is 1. The number of thioether (sulfide) groups is 1. The van der Waals surface area contributed by atoms with Crippen LogP contribution in [0.5, 0.6) is 0 Å². The largest absolute Gasteiger partial charge is 0.321 e. The molecule has 0 fully saturated rings. The van der Waals surface area contributed by atoms with Gasteiger partial charge in [-0.15, -0.1) is 23.1 Å². The smallest absolute Gasteiger partial charge is 0.266 e. The second kappa shape index (κ2) is 6.29. The van der Waals surface area contributed by atoms with Crippen LogP contribution in [0.2, 0.25) is 0 Å². The summed E-state index contributed by atoms with van der Waals surface area (Å²) in [6.07, 6.45) is 2.01. The molecule has 1 amide bonds. The molecule has 1 N–H and O–H groups in total. The number of carbonyl (C=O) groups excluding carboxylic acids is 1. The van der Waals surface area contributed by atoms with Crippen LogP contribution in [0.1, 0.15) is 26.8 Å². The molecular formula is C17H17N3OS2. The fraction of sp³-hybridized carbons (Fsp3) is 0.235. The molecule has 0 aliphatic heterocycles. The van der Waals surface area contributed by atoms with Gasteiger partial charge in [-0.05, 0) is 50.8 Å². The SMILES string of the molecule is CSc1cccc(NC(=O)c2sc3nc(C)nc(C)c3c2C)c1. The molecule has 0 atom stereocenters. The number of anilines is 1. The van der Waals surface area contributed by atoms with Crippen LogP contribution in [0.3, 0.4) is 0 Å². The minimum absolute atomic E-state index is 0.0965. The van der Waals surface area contributed by atoms with E-state index >= 15 is 0 Å². The van der Waals surface area contributed by atoms with E-state index in [1.165, 1.54) is 11.3 Å². The average Bonchev–Trinajstić information content (AvgIpc) is 2.84. The Kier molecular flexibility index (Phi) is 4.37. The van der Waals surface area contributed by atoms with E-state index < -0.39 is 0 Å². The van der Waals surface area contributed by atoms with E-state index in [-0.39, 0.29) is 5.91 Å². The Morgan fingerprint density at radius 2 is 2.00 bits per heavy atom. The molecule has 0 spiro atoms. The predicted molar refractivity (Wildman–Crippen MR) is 97.8 cm³/mol. The molecule has 118 valence electrons. The number of thiophene rings is 1. The Bertz CT molecular complexity index is 902. The minimum Gasteiger partial charge on any atom is -0.321 e. The Balaban J connectivity index is 1.97. The minimum atomic E-state index is -0.0965. The summed E-state index contributed by atoms with van der Waals surface area (Å²) in [5.41, 5.74) is 2.67. The summed E-state index contributed by atoms with van der Waals surface area (Å²) < 4.78 is 0. The zero-order chi connectivity index (χ0) is 16.6. The van der Waals surface area contributed by atoms with Crippen LogP contribution in [0, 0.1) is 20.8 Å². The average molecular weight is 343 g/mol. The van der Waals surface area contributed by atoms with Crippen molar-refractivity contribution in [1.29, 1.82) is 0 Å². The number of fused-ring (bicyclic) bond motifs is 1. The van der Waals surface area contributed by atoms with Crippen molar-refractivity contribution in [2.45, 2.75) is 25.7 Å².